The quantitative estimate of drug-likeness (QED) is 0.101. The molecule has 2 aromatic carbocycles. The summed E-state index contributed by atoms with van der Waals surface area (Å²) in [6, 6.07) is 18.5. The first-order valence-electron chi connectivity index (χ1n) is 17.9. The number of nitrogens with zero attached hydrogens (tertiary/aromatic N) is 2. The molecule has 3 amide bonds. The second-order valence-corrected chi connectivity index (χ2v) is 24.5. The fourth-order valence-corrected chi connectivity index (χ4v) is 6.60. The number of rotatable bonds is 21. The number of esters is 1. The maximum atomic E-state index is 13.9. The number of benzene rings is 2. The highest BCUT2D eigenvalue weighted by atomic mass is 28.4. The zero-order valence-corrected chi connectivity index (χ0v) is 34.0. The molecule has 0 heterocycles. The molecule has 0 saturated carbocycles. The van der Waals surface area contributed by atoms with Gasteiger partial charge in [-0.1, -0.05) is 88.4 Å². The summed E-state index contributed by atoms with van der Waals surface area (Å²) in [6.07, 6.45) is 1.69. The van der Waals surface area contributed by atoms with E-state index in [0.29, 0.717) is 32.2 Å². The normalized spacial score (nSPS) is 12.2. The average molecular weight is 744 g/mol. The molecular weight excluding hydrogens is 683 g/mol. The molecule has 0 bridgehead atoms. The third-order valence-electron chi connectivity index (χ3n) is 10.2. The highest BCUT2D eigenvalue weighted by molar-refractivity contribution is 6.73. The Bertz CT molecular complexity index is 1390. The van der Waals surface area contributed by atoms with Crippen LogP contribution < -0.4 is 5.32 Å². The average Bonchev–Trinajstić information content (AvgIpc) is 3.06. The van der Waals surface area contributed by atoms with Crippen LogP contribution in [0.25, 0.3) is 0 Å². The second kappa shape index (κ2) is 19.9. The van der Waals surface area contributed by atoms with E-state index in [1.807, 2.05) is 115 Å². The predicted molar refractivity (Wildman–Crippen MR) is 205 cm³/mol. The van der Waals surface area contributed by atoms with Crippen LogP contribution in [0, 0.1) is 0 Å². The molecule has 0 aliphatic rings. The van der Waals surface area contributed by atoms with Crippen molar-refractivity contribution in [1.29, 1.82) is 0 Å². The molecule has 3 N–H and O–H groups in total. The largest absolute Gasteiger partial charge is 0.461 e. The Morgan fingerprint density at radius 1 is 0.667 bits per heavy atom. The van der Waals surface area contributed by atoms with E-state index in [1.54, 1.807) is 4.90 Å². The third kappa shape index (κ3) is 15.7. The molecule has 0 saturated heterocycles. The standard InChI is InChI=1S/C38H61N3O8Si2/c1-37(2,50(5,6)46)22-15-24-40(26-21-35(44)48-29-31-17-11-9-12-18-31)34(43)28-41(25-16-23-38(3,4)51(7,8)47)33(42)27-39-36(45)49-30-32-19-13-10-14-20-32/h9-14,17-20,46-47H,15-16,21-30H2,1-8H3,(H,39,45). The van der Waals surface area contributed by atoms with Gasteiger partial charge in [0.2, 0.25) is 11.8 Å². The van der Waals surface area contributed by atoms with Gasteiger partial charge in [0, 0.05) is 19.6 Å². The molecule has 0 radical (unpaired) electrons. The minimum atomic E-state index is -2.51. The molecule has 11 nitrogen and oxygen atoms in total. The van der Waals surface area contributed by atoms with Crippen LogP contribution in [0.15, 0.2) is 60.7 Å². The van der Waals surface area contributed by atoms with Gasteiger partial charge in [-0.15, -0.1) is 0 Å². The molecule has 51 heavy (non-hydrogen) atoms. The van der Waals surface area contributed by atoms with Crippen LogP contribution in [-0.2, 0) is 37.1 Å². The predicted octanol–water partition coefficient (Wildman–Crippen LogP) is 6.22. The van der Waals surface area contributed by atoms with E-state index in [2.05, 4.69) is 5.32 Å². The minimum absolute atomic E-state index is 0.0185. The molecule has 0 aliphatic carbocycles. The lowest BCUT2D eigenvalue weighted by molar-refractivity contribution is -0.146. The molecule has 0 atom stereocenters. The van der Waals surface area contributed by atoms with Crippen molar-refractivity contribution in [3.05, 3.63) is 71.8 Å². The maximum Gasteiger partial charge on any atom is 0.407 e. The Balaban J connectivity index is 2.15. The van der Waals surface area contributed by atoms with Crippen LogP contribution in [-0.4, -0.2) is 92.6 Å². The van der Waals surface area contributed by atoms with Gasteiger partial charge in [-0.05, 0) is 73.1 Å². The molecule has 0 spiro atoms. The first-order chi connectivity index (χ1) is 23.7. The topological polar surface area (TPSA) is 146 Å². The van der Waals surface area contributed by atoms with E-state index in [4.69, 9.17) is 9.47 Å². The summed E-state index contributed by atoms with van der Waals surface area (Å²) in [7, 11) is -4.99. The lowest BCUT2D eigenvalue weighted by Crippen LogP contribution is -2.48. The smallest absolute Gasteiger partial charge is 0.407 e. The highest BCUT2D eigenvalue weighted by Gasteiger charge is 2.38. The molecule has 13 heteroatoms. The number of ether oxygens (including phenoxy) is 2. The Labute approximate surface area is 307 Å². The van der Waals surface area contributed by atoms with Crippen molar-refractivity contribution in [3.8, 4) is 0 Å². The zero-order chi connectivity index (χ0) is 38.3. The van der Waals surface area contributed by atoms with Crippen LogP contribution in [0.2, 0.25) is 36.3 Å². The number of hydrogen-bond donors (Lipinski definition) is 3. The van der Waals surface area contributed by atoms with Crippen molar-refractivity contribution in [3.63, 3.8) is 0 Å². The number of hydrogen-bond acceptors (Lipinski definition) is 8. The van der Waals surface area contributed by atoms with E-state index in [1.165, 1.54) is 4.90 Å². The summed E-state index contributed by atoms with van der Waals surface area (Å²) in [5.74, 6) is -1.22. The molecule has 284 valence electrons. The molecule has 0 fully saturated rings. The van der Waals surface area contributed by atoms with Crippen LogP contribution in [0.5, 0.6) is 0 Å². The maximum absolute atomic E-state index is 13.9. The zero-order valence-electron chi connectivity index (χ0n) is 32.0. The van der Waals surface area contributed by atoms with Crippen molar-refractivity contribution >= 4 is 40.5 Å². The number of carbonyl (C=O) groups excluding carboxylic acids is 4. The minimum Gasteiger partial charge on any atom is -0.461 e. The van der Waals surface area contributed by atoms with Gasteiger partial charge < -0.3 is 34.2 Å². The summed E-state index contributed by atoms with van der Waals surface area (Å²) in [4.78, 5) is 77.2. The SMILES string of the molecule is CC(C)(CCCN(CCC(=O)OCc1ccccc1)C(=O)CN(CCCC(C)(C)[Si](C)(C)O)C(=O)CNC(=O)OCc1ccccc1)[Si](C)(C)O. The molecule has 0 aromatic heterocycles. The summed E-state index contributed by atoms with van der Waals surface area (Å²) < 4.78 is 10.7. The Morgan fingerprint density at radius 3 is 1.59 bits per heavy atom. The van der Waals surface area contributed by atoms with Gasteiger partial charge in [0.25, 0.3) is 0 Å². The fraction of sp³-hybridized carbons (Fsp3) is 0.579. The summed E-state index contributed by atoms with van der Waals surface area (Å²) in [6.45, 7) is 15.9. The van der Waals surface area contributed by atoms with E-state index < -0.39 is 34.6 Å². The number of alkyl carbamates (subject to hydrolysis) is 1. The molecule has 0 unspecified atom stereocenters. The van der Waals surface area contributed by atoms with Crippen molar-refractivity contribution in [2.45, 2.75) is 109 Å². The Kier molecular flexibility index (Phi) is 17.0. The van der Waals surface area contributed by atoms with Gasteiger partial charge in [0.15, 0.2) is 16.6 Å². The summed E-state index contributed by atoms with van der Waals surface area (Å²) in [5, 5.41) is 1.89. The fourth-order valence-electron chi connectivity index (χ4n) is 5.02. The second-order valence-electron chi connectivity index (χ2n) is 15.6. The Hall–Kier alpha value is -3.53. The van der Waals surface area contributed by atoms with E-state index >= 15 is 0 Å². The summed E-state index contributed by atoms with van der Waals surface area (Å²) >= 11 is 0. The van der Waals surface area contributed by atoms with Gasteiger partial charge in [0.05, 0.1) is 13.0 Å². The first kappa shape index (κ1) is 43.6. The number of amides is 3. The van der Waals surface area contributed by atoms with Gasteiger partial charge >= 0.3 is 12.1 Å². The number of nitrogens with one attached hydrogen (secondary N) is 1. The van der Waals surface area contributed by atoms with Crippen LogP contribution in [0.1, 0.15) is 70.9 Å². The van der Waals surface area contributed by atoms with Crippen LogP contribution in [0.4, 0.5) is 4.79 Å². The van der Waals surface area contributed by atoms with Crippen molar-refractivity contribution in [1.82, 2.24) is 15.1 Å². The molecule has 2 aromatic rings. The first-order valence-corrected chi connectivity index (χ1v) is 23.8. The third-order valence-corrected chi connectivity index (χ3v) is 17.4. The monoisotopic (exact) mass is 743 g/mol. The number of carbonyl (C=O) groups is 4. The van der Waals surface area contributed by atoms with Gasteiger partial charge in [0.1, 0.15) is 19.8 Å². The molecular formula is C38H61N3O8Si2. The molecule has 2 rings (SSSR count). The molecule has 0 aliphatic heterocycles. The van der Waals surface area contributed by atoms with Crippen molar-refractivity contribution in [2.24, 2.45) is 0 Å². The lowest BCUT2D eigenvalue weighted by atomic mass is 10.1. The van der Waals surface area contributed by atoms with Crippen molar-refractivity contribution < 1.29 is 38.2 Å². The Morgan fingerprint density at radius 2 is 1.12 bits per heavy atom. The van der Waals surface area contributed by atoms with Crippen molar-refractivity contribution in [2.75, 3.05) is 32.7 Å². The van der Waals surface area contributed by atoms with Crippen LogP contribution in [0.3, 0.4) is 0 Å². The van der Waals surface area contributed by atoms with Gasteiger partial charge in [-0.2, -0.15) is 0 Å². The summed E-state index contributed by atoms with van der Waals surface area (Å²) in [5.41, 5.74) is 1.67. The van der Waals surface area contributed by atoms with Gasteiger partial charge in [-0.25, -0.2) is 4.79 Å². The van der Waals surface area contributed by atoms with E-state index in [-0.39, 0.29) is 61.8 Å². The van der Waals surface area contributed by atoms with Gasteiger partial charge in [-0.3, -0.25) is 14.4 Å². The highest BCUT2D eigenvalue weighted by Crippen LogP contribution is 2.40. The van der Waals surface area contributed by atoms with E-state index in [0.717, 1.165) is 11.1 Å². The lowest BCUT2D eigenvalue weighted by Gasteiger charge is -2.36. The van der Waals surface area contributed by atoms with E-state index in [9.17, 15) is 28.8 Å². The van der Waals surface area contributed by atoms with Crippen LogP contribution >= 0.6 is 0 Å².